The molecule has 11 nitrogen and oxygen atoms in total. The van der Waals surface area contributed by atoms with Crippen LogP contribution in [0.1, 0.15) is 23.2 Å². The number of carbonyl (C=O) groups is 2. The van der Waals surface area contributed by atoms with Gasteiger partial charge in [0.1, 0.15) is 17.1 Å². The summed E-state index contributed by atoms with van der Waals surface area (Å²) in [6.07, 6.45) is 0.0405. The number of ether oxygens (including phenoxy) is 3. The number of aromatic nitrogens is 2. The summed E-state index contributed by atoms with van der Waals surface area (Å²) in [7, 11) is 1.55. The number of halogens is 5. The maximum Gasteiger partial charge on any atom is 0.490 e. The number of anilines is 1. The van der Waals surface area contributed by atoms with Crippen LogP contribution in [0.25, 0.3) is 16.6 Å². The molecule has 0 aliphatic carbocycles. The number of fused-ring (bicyclic) bond motifs is 1. The molecule has 5 aromatic rings. The second kappa shape index (κ2) is 16.3. The van der Waals surface area contributed by atoms with E-state index in [0.717, 1.165) is 32.0 Å². The highest BCUT2D eigenvalue weighted by Gasteiger charge is 2.38. The minimum absolute atomic E-state index is 0.0796. The molecule has 0 radical (unpaired) electrons. The first-order valence-electron chi connectivity index (χ1n) is 15.7. The number of alkyl halides is 3. The Hall–Kier alpha value is -6.03. The van der Waals surface area contributed by atoms with E-state index >= 15 is 4.39 Å². The third-order valence-electron chi connectivity index (χ3n) is 7.87. The minimum Gasteiger partial charge on any atom is -0.493 e. The second-order valence-corrected chi connectivity index (χ2v) is 11.4. The topological polar surface area (TPSA) is 141 Å². The second-order valence-electron chi connectivity index (χ2n) is 11.4. The maximum absolute atomic E-state index is 15.2. The number of nitrogens with one attached hydrogen (secondary N) is 2. The molecule has 0 spiro atoms. The predicted octanol–water partition coefficient (Wildman–Crippen LogP) is 6.73. The Labute approximate surface area is 292 Å². The molecule has 1 amide bonds. The summed E-state index contributed by atoms with van der Waals surface area (Å²) in [5, 5.41) is 13.6. The number of hydrogen-bond donors (Lipinski definition) is 3. The van der Waals surface area contributed by atoms with Crippen molar-refractivity contribution >= 4 is 28.5 Å². The van der Waals surface area contributed by atoms with E-state index in [1.807, 2.05) is 0 Å². The maximum atomic E-state index is 15.2. The number of methoxy groups -OCH3 is 1. The highest BCUT2D eigenvalue weighted by atomic mass is 19.4. The van der Waals surface area contributed by atoms with Crippen molar-refractivity contribution in [3.05, 3.63) is 113 Å². The summed E-state index contributed by atoms with van der Waals surface area (Å²) in [6, 6.07) is 17.3. The van der Waals surface area contributed by atoms with E-state index in [1.165, 1.54) is 59.3 Å². The van der Waals surface area contributed by atoms with Crippen LogP contribution in [0.4, 0.5) is 27.6 Å². The third-order valence-corrected chi connectivity index (χ3v) is 7.87. The van der Waals surface area contributed by atoms with Crippen LogP contribution in [-0.4, -0.2) is 59.5 Å². The van der Waals surface area contributed by atoms with Gasteiger partial charge in [0.15, 0.2) is 23.1 Å². The van der Waals surface area contributed by atoms with E-state index in [4.69, 9.17) is 24.1 Å². The minimum atomic E-state index is -5.08. The monoisotopic (exact) mass is 726 g/mol. The van der Waals surface area contributed by atoms with Gasteiger partial charge in [-0.3, -0.25) is 19.1 Å². The normalized spacial score (nSPS) is 13.1. The molecule has 52 heavy (non-hydrogen) atoms. The largest absolute Gasteiger partial charge is 0.493 e. The summed E-state index contributed by atoms with van der Waals surface area (Å²) in [5.41, 5.74) is 0.330. The molecule has 3 N–H and O–H groups in total. The first-order valence-corrected chi connectivity index (χ1v) is 15.7. The lowest BCUT2D eigenvalue weighted by Crippen LogP contribution is -2.30. The lowest BCUT2D eigenvalue weighted by Gasteiger charge is -2.23. The lowest BCUT2D eigenvalue weighted by atomic mass is 9.99. The average Bonchev–Trinajstić information content (AvgIpc) is 3.12. The quantitative estimate of drug-likeness (QED) is 0.141. The van der Waals surface area contributed by atoms with Gasteiger partial charge >= 0.3 is 12.1 Å². The Bertz CT molecular complexity index is 2120. The van der Waals surface area contributed by atoms with Gasteiger partial charge in [0.2, 0.25) is 0 Å². The van der Waals surface area contributed by atoms with Gasteiger partial charge in [-0.1, -0.05) is 0 Å². The standard InChI is InChI=1S/C34H30F2N4O5.C2HF3O2/c1-43-31-18-26-28(19-32(31)44-20-21-10-13-37-14-11-21)38-15-12-29(26)45-30-9-6-23(17-27(30)36)39-33(41)25-3-2-16-40(34(25)42)24-7-4-22(35)5-8-24;3-2(4,5)1(6)7/h2-9,12,15-19,21,37H,10-11,13-14,20H2,1H3,(H,39,41);(H,6,7). The molecule has 6 rings (SSSR count). The molecule has 1 aliphatic heterocycles. The Kier molecular flexibility index (Phi) is 11.7. The van der Waals surface area contributed by atoms with E-state index in [1.54, 1.807) is 31.5 Å². The van der Waals surface area contributed by atoms with Crippen LogP contribution in [0.3, 0.4) is 0 Å². The molecule has 0 unspecified atom stereocenters. The molecule has 2 aromatic heterocycles. The summed E-state index contributed by atoms with van der Waals surface area (Å²) >= 11 is 0. The summed E-state index contributed by atoms with van der Waals surface area (Å²) in [5.74, 6) is -2.86. The van der Waals surface area contributed by atoms with Gasteiger partial charge in [-0.25, -0.2) is 13.6 Å². The fraction of sp³-hybridized carbons (Fsp3) is 0.222. The van der Waals surface area contributed by atoms with Crippen molar-refractivity contribution in [3.63, 3.8) is 0 Å². The highest BCUT2D eigenvalue weighted by molar-refractivity contribution is 6.04. The van der Waals surface area contributed by atoms with Gasteiger partial charge in [-0.05, 0) is 92.5 Å². The average molecular weight is 727 g/mol. The zero-order valence-electron chi connectivity index (χ0n) is 27.4. The molecule has 1 fully saturated rings. The van der Waals surface area contributed by atoms with E-state index in [-0.39, 0.29) is 17.0 Å². The molecule has 1 saturated heterocycles. The number of carboxylic acid groups (broad SMARTS) is 1. The highest BCUT2D eigenvalue weighted by Crippen LogP contribution is 2.38. The van der Waals surface area contributed by atoms with Crippen LogP contribution in [-0.2, 0) is 4.79 Å². The van der Waals surface area contributed by atoms with Crippen LogP contribution in [0.15, 0.2) is 90.0 Å². The molecule has 16 heteroatoms. The summed E-state index contributed by atoms with van der Waals surface area (Å²) in [6.45, 7) is 2.52. The number of benzene rings is 3. The van der Waals surface area contributed by atoms with Gasteiger partial charge in [0.25, 0.3) is 11.5 Å². The van der Waals surface area contributed by atoms with Crippen LogP contribution < -0.4 is 30.4 Å². The van der Waals surface area contributed by atoms with Crippen molar-refractivity contribution in [1.29, 1.82) is 0 Å². The van der Waals surface area contributed by atoms with Gasteiger partial charge < -0.3 is 30.0 Å². The molecule has 0 atom stereocenters. The van der Waals surface area contributed by atoms with E-state index in [0.29, 0.717) is 46.4 Å². The van der Waals surface area contributed by atoms with E-state index in [2.05, 4.69) is 15.6 Å². The van der Waals surface area contributed by atoms with E-state index < -0.39 is 35.2 Å². The number of piperidine rings is 1. The molecule has 0 saturated carbocycles. The summed E-state index contributed by atoms with van der Waals surface area (Å²) in [4.78, 5) is 39.3. The van der Waals surface area contributed by atoms with Crippen molar-refractivity contribution in [3.8, 4) is 28.7 Å². The zero-order chi connectivity index (χ0) is 37.4. The van der Waals surface area contributed by atoms with Crippen molar-refractivity contribution in [2.24, 2.45) is 5.92 Å². The van der Waals surface area contributed by atoms with Gasteiger partial charge in [-0.2, -0.15) is 13.2 Å². The van der Waals surface area contributed by atoms with E-state index in [9.17, 15) is 27.2 Å². The number of nitrogens with zero attached hydrogens (tertiary/aromatic N) is 2. The molecule has 3 aromatic carbocycles. The predicted molar refractivity (Wildman–Crippen MR) is 179 cm³/mol. The van der Waals surface area contributed by atoms with Crippen LogP contribution in [0.2, 0.25) is 0 Å². The zero-order valence-corrected chi connectivity index (χ0v) is 27.4. The van der Waals surface area contributed by atoms with Crippen molar-refractivity contribution < 1.29 is 50.9 Å². The Morgan fingerprint density at radius 3 is 2.33 bits per heavy atom. The smallest absolute Gasteiger partial charge is 0.490 e. The Morgan fingerprint density at radius 1 is 0.962 bits per heavy atom. The molecule has 272 valence electrons. The van der Waals surface area contributed by atoms with Gasteiger partial charge in [0.05, 0.1) is 19.2 Å². The van der Waals surface area contributed by atoms with Crippen molar-refractivity contribution in [2.45, 2.75) is 19.0 Å². The van der Waals surface area contributed by atoms with Crippen molar-refractivity contribution in [2.75, 3.05) is 32.1 Å². The summed E-state index contributed by atoms with van der Waals surface area (Å²) < 4.78 is 79.2. The van der Waals surface area contributed by atoms with Gasteiger partial charge in [0, 0.05) is 41.3 Å². The number of hydrogen-bond acceptors (Lipinski definition) is 8. The van der Waals surface area contributed by atoms with Crippen LogP contribution in [0, 0.1) is 17.6 Å². The van der Waals surface area contributed by atoms with Crippen molar-refractivity contribution in [1.82, 2.24) is 14.9 Å². The van der Waals surface area contributed by atoms with Gasteiger partial charge in [-0.15, -0.1) is 0 Å². The molecular weight excluding hydrogens is 695 g/mol. The number of carbonyl (C=O) groups excluding carboxylic acids is 1. The fourth-order valence-corrected chi connectivity index (χ4v) is 5.20. The number of rotatable bonds is 9. The Balaban J connectivity index is 0.000000679. The SMILES string of the molecule is COc1cc2c(Oc3ccc(NC(=O)c4cccn(-c5ccc(F)cc5)c4=O)cc3F)ccnc2cc1OCC1CCNCC1.O=C(O)C(F)(F)F. The number of aliphatic carboxylic acids is 1. The number of amides is 1. The lowest BCUT2D eigenvalue weighted by molar-refractivity contribution is -0.192. The van der Waals surface area contributed by atoms with Crippen LogP contribution in [0.5, 0.6) is 23.0 Å². The first kappa shape index (κ1) is 37.2. The molecule has 3 heterocycles. The fourth-order valence-electron chi connectivity index (χ4n) is 5.20. The molecular formula is C36H31F5N4O7. The number of pyridine rings is 2. The Morgan fingerprint density at radius 2 is 1.67 bits per heavy atom. The van der Waals surface area contributed by atoms with Crippen LogP contribution >= 0.6 is 0 Å². The molecule has 0 bridgehead atoms. The number of carboxylic acids is 1. The molecule has 1 aliphatic rings. The first-order chi connectivity index (χ1) is 24.8. The third kappa shape index (κ3) is 9.19.